The van der Waals surface area contributed by atoms with Gasteiger partial charge in [-0.3, -0.25) is 10.1 Å². The maximum Gasteiger partial charge on any atom is 0.321 e. The fraction of sp³-hybridized carbons (Fsp3) is 0.333. The van der Waals surface area contributed by atoms with E-state index in [0.29, 0.717) is 15.6 Å². The molecule has 0 aromatic heterocycles. The Morgan fingerprint density at radius 1 is 1.42 bits per heavy atom. The Morgan fingerprint density at radius 2 is 2.11 bits per heavy atom. The fourth-order valence-corrected chi connectivity index (χ4v) is 2.41. The van der Waals surface area contributed by atoms with Crippen LogP contribution < -0.4 is 16.4 Å². The monoisotopic (exact) mass is 301 g/mol. The number of carbonyl (C=O) groups excluding carboxylic acids is 2. The van der Waals surface area contributed by atoms with Gasteiger partial charge in [0, 0.05) is 16.6 Å². The van der Waals surface area contributed by atoms with Crippen LogP contribution in [0.4, 0.5) is 10.5 Å². The Morgan fingerprint density at radius 3 is 2.68 bits per heavy atom. The molecule has 5 nitrogen and oxygen atoms in total. The zero-order chi connectivity index (χ0) is 14.4. The molecule has 3 amide bonds. The van der Waals surface area contributed by atoms with Gasteiger partial charge in [-0.05, 0) is 26.0 Å². The summed E-state index contributed by atoms with van der Waals surface area (Å²) in [5.41, 5.74) is 6.27. The van der Waals surface area contributed by atoms with Gasteiger partial charge < -0.3 is 11.1 Å². The van der Waals surface area contributed by atoms with Gasteiger partial charge >= 0.3 is 6.03 Å². The number of carbonyl (C=O) groups is 2. The molecule has 0 radical (unpaired) electrons. The summed E-state index contributed by atoms with van der Waals surface area (Å²) in [7, 11) is 0. The minimum Gasteiger partial charge on any atom is -0.398 e. The first-order chi connectivity index (χ1) is 8.90. The van der Waals surface area contributed by atoms with Crippen LogP contribution >= 0.6 is 23.4 Å². The van der Waals surface area contributed by atoms with E-state index in [1.807, 2.05) is 13.8 Å². The topological polar surface area (TPSA) is 84.2 Å². The predicted molar refractivity (Wildman–Crippen MR) is 78.4 cm³/mol. The lowest BCUT2D eigenvalue weighted by Gasteiger charge is -2.10. The van der Waals surface area contributed by atoms with Gasteiger partial charge in [-0.2, -0.15) is 0 Å². The van der Waals surface area contributed by atoms with Crippen LogP contribution in [-0.4, -0.2) is 23.7 Å². The summed E-state index contributed by atoms with van der Waals surface area (Å²) in [6, 6.07) is 4.60. The van der Waals surface area contributed by atoms with Crippen molar-refractivity contribution in [1.82, 2.24) is 10.6 Å². The van der Waals surface area contributed by atoms with E-state index in [4.69, 9.17) is 17.3 Å². The zero-order valence-electron chi connectivity index (χ0n) is 10.7. The van der Waals surface area contributed by atoms with E-state index in [2.05, 4.69) is 10.6 Å². The molecule has 0 spiro atoms. The molecule has 0 bridgehead atoms. The zero-order valence-corrected chi connectivity index (χ0v) is 12.3. The van der Waals surface area contributed by atoms with Crippen molar-refractivity contribution < 1.29 is 9.59 Å². The highest BCUT2D eigenvalue weighted by Crippen LogP contribution is 2.32. The minimum atomic E-state index is -0.507. The summed E-state index contributed by atoms with van der Waals surface area (Å²) in [6.45, 7) is 3.62. The van der Waals surface area contributed by atoms with Crippen LogP contribution in [0.3, 0.4) is 0 Å². The Kier molecular flexibility index (Phi) is 5.98. The molecule has 104 valence electrons. The first kappa shape index (κ1) is 15.7. The minimum absolute atomic E-state index is 0.0281. The van der Waals surface area contributed by atoms with Gasteiger partial charge in [0.15, 0.2) is 0 Å². The van der Waals surface area contributed by atoms with Crippen molar-refractivity contribution in [3.63, 3.8) is 0 Å². The molecule has 1 aromatic rings. The summed E-state index contributed by atoms with van der Waals surface area (Å²) in [6.07, 6.45) is 0. The third-order valence-corrected chi connectivity index (χ3v) is 3.60. The number of nitrogens with two attached hydrogens (primary N) is 1. The van der Waals surface area contributed by atoms with Crippen molar-refractivity contribution in [2.75, 3.05) is 11.5 Å². The molecule has 0 aliphatic rings. The molecule has 4 N–H and O–H groups in total. The maximum absolute atomic E-state index is 11.6. The van der Waals surface area contributed by atoms with E-state index in [1.54, 1.807) is 18.2 Å². The summed E-state index contributed by atoms with van der Waals surface area (Å²) >= 11 is 7.17. The Balaban J connectivity index is 2.49. The number of hydrogen-bond donors (Lipinski definition) is 3. The third kappa shape index (κ3) is 5.40. The van der Waals surface area contributed by atoms with Gasteiger partial charge in [0.05, 0.1) is 10.8 Å². The number of anilines is 1. The number of nitrogen functional groups attached to an aromatic ring is 1. The van der Waals surface area contributed by atoms with Crippen molar-refractivity contribution in [2.45, 2.75) is 24.8 Å². The van der Waals surface area contributed by atoms with Crippen LogP contribution in [0.15, 0.2) is 23.1 Å². The average molecular weight is 302 g/mol. The molecule has 0 fully saturated rings. The van der Waals surface area contributed by atoms with Crippen molar-refractivity contribution in [3.8, 4) is 0 Å². The molecule has 1 aromatic carbocycles. The summed E-state index contributed by atoms with van der Waals surface area (Å²) < 4.78 is 0. The number of imide groups is 1. The van der Waals surface area contributed by atoms with Crippen LogP contribution in [0.1, 0.15) is 13.8 Å². The third-order valence-electron chi connectivity index (χ3n) is 2.02. The normalized spacial score (nSPS) is 10.3. The SMILES string of the molecule is CC(C)NC(=O)NC(=O)CSc1c(N)cccc1Cl. The number of hydrogen-bond acceptors (Lipinski definition) is 4. The second kappa shape index (κ2) is 7.25. The Hall–Kier alpha value is -1.40. The highest BCUT2D eigenvalue weighted by molar-refractivity contribution is 8.00. The molecule has 0 aliphatic heterocycles. The number of benzene rings is 1. The molecule has 0 unspecified atom stereocenters. The second-order valence-electron chi connectivity index (χ2n) is 4.12. The first-order valence-electron chi connectivity index (χ1n) is 5.67. The summed E-state index contributed by atoms with van der Waals surface area (Å²) in [5.74, 6) is -0.332. The van der Waals surface area contributed by atoms with Gasteiger partial charge in [-0.25, -0.2) is 4.79 Å². The molecule has 0 heterocycles. The quantitative estimate of drug-likeness (QED) is 0.588. The van der Waals surface area contributed by atoms with Crippen LogP contribution in [-0.2, 0) is 4.79 Å². The van der Waals surface area contributed by atoms with E-state index < -0.39 is 11.9 Å². The highest BCUT2D eigenvalue weighted by Gasteiger charge is 2.11. The molecular weight excluding hydrogens is 286 g/mol. The Bertz CT molecular complexity index is 460. The van der Waals surface area contributed by atoms with Crippen molar-refractivity contribution >= 4 is 41.0 Å². The van der Waals surface area contributed by atoms with Gasteiger partial charge in [-0.15, -0.1) is 11.8 Å². The maximum atomic E-state index is 11.6. The lowest BCUT2D eigenvalue weighted by atomic mass is 10.3. The molecule has 0 saturated heterocycles. The number of nitrogens with one attached hydrogen (secondary N) is 2. The lowest BCUT2D eigenvalue weighted by molar-refractivity contribution is -0.117. The van der Waals surface area contributed by atoms with Crippen molar-refractivity contribution in [3.05, 3.63) is 23.2 Å². The van der Waals surface area contributed by atoms with Crippen LogP contribution in [0, 0.1) is 0 Å². The van der Waals surface area contributed by atoms with Crippen LogP contribution in [0.25, 0.3) is 0 Å². The van der Waals surface area contributed by atoms with E-state index in [1.165, 1.54) is 11.8 Å². The molecule has 0 saturated carbocycles. The number of urea groups is 1. The van der Waals surface area contributed by atoms with E-state index >= 15 is 0 Å². The number of rotatable bonds is 4. The molecule has 0 aliphatic carbocycles. The summed E-state index contributed by atoms with van der Waals surface area (Å²) in [5, 5.41) is 5.28. The molecule has 0 atom stereocenters. The largest absolute Gasteiger partial charge is 0.398 e. The molecule has 7 heteroatoms. The lowest BCUT2D eigenvalue weighted by Crippen LogP contribution is -2.43. The predicted octanol–water partition coefficient (Wildman–Crippen LogP) is 2.25. The van der Waals surface area contributed by atoms with E-state index in [0.717, 1.165) is 0 Å². The first-order valence-corrected chi connectivity index (χ1v) is 7.03. The number of amides is 3. The average Bonchev–Trinajstić information content (AvgIpc) is 2.26. The van der Waals surface area contributed by atoms with Crippen molar-refractivity contribution in [1.29, 1.82) is 0 Å². The Labute approximate surface area is 121 Å². The smallest absolute Gasteiger partial charge is 0.321 e. The number of halogens is 1. The molecule has 19 heavy (non-hydrogen) atoms. The molecule has 1 rings (SSSR count). The van der Waals surface area contributed by atoms with Gasteiger partial charge in [0.25, 0.3) is 0 Å². The van der Waals surface area contributed by atoms with Crippen molar-refractivity contribution in [2.24, 2.45) is 0 Å². The van der Waals surface area contributed by atoms with E-state index in [-0.39, 0.29) is 11.8 Å². The summed E-state index contributed by atoms with van der Waals surface area (Å²) in [4.78, 5) is 23.5. The van der Waals surface area contributed by atoms with Crippen LogP contribution in [0.5, 0.6) is 0 Å². The van der Waals surface area contributed by atoms with E-state index in [9.17, 15) is 9.59 Å². The van der Waals surface area contributed by atoms with Crippen LogP contribution in [0.2, 0.25) is 5.02 Å². The molecular formula is C12H16ClN3O2S. The van der Waals surface area contributed by atoms with Gasteiger partial charge in [0.2, 0.25) is 5.91 Å². The highest BCUT2D eigenvalue weighted by atomic mass is 35.5. The van der Waals surface area contributed by atoms with Gasteiger partial charge in [0.1, 0.15) is 0 Å². The second-order valence-corrected chi connectivity index (χ2v) is 5.52. The standard InChI is InChI=1S/C12H16ClN3O2S/c1-7(2)15-12(18)16-10(17)6-19-11-8(13)4-3-5-9(11)14/h3-5,7H,6,14H2,1-2H3,(H2,15,16,17,18). The number of thioether (sulfide) groups is 1. The van der Waals surface area contributed by atoms with Gasteiger partial charge in [-0.1, -0.05) is 17.7 Å². The fourth-order valence-electron chi connectivity index (χ4n) is 1.28.